The predicted molar refractivity (Wildman–Crippen MR) is 92.6 cm³/mol. The highest BCUT2D eigenvalue weighted by molar-refractivity contribution is 5.74. The van der Waals surface area contributed by atoms with Gasteiger partial charge in [0, 0.05) is 32.4 Å². The van der Waals surface area contributed by atoms with Crippen molar-refractivity contribution in [3.8, 4) is 0 Å². The molecule has 0 aliphatic carbocycles. The molecular formula is C17H14F6N6. The van der Waals surface area contributed by atoms with E-state index in [0.29, 0.717) is 24.6 Å². The zero-order valence-corrected chi connectivity index (χ0v) is 14.7. The minimum absolute atomic E-state index is 0.0682. The molecule has 4 rings (SSSR count). The standard InChI is InChI=1S/C17H14F6N6/c18-16(19,20)10-2-1-5-24-14(10)28-6-8-29(9-7-28)15-25-11-3-4-12(17(21,22)23)26-13(11)27-15/h1-5H,6-9H2,(H,25,26,27). The van der Waals surface area contributed by atoms with Crippen LogP contribution in [0.2, 0.25) is 0 Å². The number of aromatic amines is 1. The van der Waals surface area contributed by atoms with Gasteiger partial charge >= 0.3 is 12.4 Å². The molecule has 0 atom stereocenters. The molecule has 0 spiro atoms. The van der Waals surface area contributed by atoms with E-state index in [9.17, 15) is 26.3 Å². The van der Waals surface area contributed by atoms with Crippen molar-refractivity contribution >= 4 is 22.9 Å². The first-order valence-electron chi connectivity index (χ1n) is 8.59. The predicted octanol–water partition coefficient (Wildman–Crippen LogP) is 3.72. The van der Waals surface area contributed by atoms with E-state index >= 15 is 0 Å². The smallest absolute Gasteiger partial charge is 0.353 e. The maximum Gasteiger partial charge on any atom is 0.433 e. The van der Waals surface area contributed by atoms with Gasteiger partial charge in [0.1, 0.15) is 11.5 Å². The van der Waals surface area contributed by atoms with Crippen LogP contribution in [0.15, 0.2) is 30.5 Å². The maximum absolute atomic E-state index is 13.2. The van der Waals surface area contributed by atoms with E-state index in [0.717, 1.165) is 12.1 Å². The largest absolute Gasteiger partial charge is 0.433 e. The summed E-state index contributed by atoms with van der Waals surface area (Å²) < 4.78 is 78.0. The SMILES string of the molecule is FC(F)(F)c1ccc2[nH]c(N3CCN(c4ncccc4C(F)(F)F)CC3)nc2n1. The number of aromatic nitrogens is 4. The van der Waals surface area contributed by atoms with Gasteiger partial charge in [-0.15, -0.1) is 0 Å². The van der Waals surface area contributed by atoms with Gasteiger partial charge in [-0.3, -0.25) is 0 Å². The maximum atomic E-state index is 13.2. The Labute approximate surface area is 160 Å². The van der Waals surface area contributed by atoms with Crippen LogP contribution in [-0.2, 0) is 12.4 Å². The highest BCUT2D eigenvalue weighted by Gasteiger charge is 2.36. The molecule has 29 heavy (non-hydrogen) atoms. The van der Waals surface area contributed by atoms with Gasteiger partial charge in [0.25, 0.3) is 0 Å². The van der Waals surface area contributed by atoms with Crippen LogP contribution < -0.4 is 9.80 Å². The van der Waals surface area contributed by atoms with Gasteiger partial charge in [0.2, 0.25) is 5.95 Å². The molecule has 1 fully saturated rings. The number of piperazine rings is 1. The Hall–Kier alpha value is -3.05. The Morgan fingerprint density at radius 3 is 2.17 bits per heavy atom. The summed E-state index contributed by atoms with van der Waals surface area (Å²) in [5.41, 5.74) is -1.57. The van der Waals surface area contributed by atoms with Gasteiger partial charge in [-0.25, -0.2) is 9.97 Å². The third-order valence-electron chi connectivity index (χ3n) is 4.59. The summed E-state index contributed by atoms with van der Waals surface area (Å²) in [6.45, 7) is 1.14. The van der Waals surface area contributed by atoms with E-state index in [4.69, 9.17) is 0 Å². The fraction of sp³-hybridized carbons (Fsp3) is 0.353. The molecule has 6 nitrogen and oxygen atoms in total. The first-order chi connectivity index (χ1) is 13.6. The molecule has 0 unspecified atom stereocenters. The highest BCUT2D eigenvalue weighted by Crippen LogP contribution is 2.35. The van der Waals surface area contributed by atoms with Crippen LogP contribution >= 0.6 is 0 Å². The van der Waals surface area contributed by atoms with Gasteiger partial charge in [-0.1, -0.05) is 0 Å². The number of alkyl halides is 6. The molecule has 3 aromatic heterocycles. The minimum Gasteiger partial charge on any atom is -0.353 e. The van der Waals surface area contributed by atoms with Crippen LogP contribution in [0.5, 0.6) is 0 Å². The Morgan fingerprint density at radius 1 is 0.828 bits per heavy atom. The van der Waals surface area contributed by atoms with Crippen molar-refractivity contribution in [2.75, 3.05) is 36.0 Å². The van der Waals surface area contributed by atoms with Crippen molar-refractivity contribution < 1.29 is 26.3 Å². The molecule has 0 amide bonds. The average molecular weight is 416 g/mol. The van der Waals surface area contributed by atoms with Crippen molar-refractivity contribution in [2.24, 2.45) is 0 Å². The molecule has 1 saturated heterocycles. The molecule has 0 bridgehead atoms. The number of rotatable bonds is 2. The molecular weight excluding hydrogens is 402 g/mol. The summed E-state index contributed by atoms with van der Waals surface area (Å²) in [5.74, 6) is 0.185. The Balaban J connectivity index is 1.52. The zero-order chi connectivity index (χ0) is 20.8. The Bertz CT molecular complexity index is 1020. The van der Waals surface area contributed by atoms with Gasteiger partial charge < -0.3 is 14.8 Å². The van der Waals surface area contributed by atoms with Crippen molar-refractivity contribution in [3.05, 3.63) is 41.7 Å². The van der Waals surface area contributed by atoms with Gasteiger partial charge in [-0.05, 0) is 24.3 Å². The lowest BCUT2D eigenvalue weighted by molar-refractivity contribution is -0.141. The molecule has 4 heterocycles. The fourth-order valence-corrected chi connectivity index (χ4v) is 3.19. The first kappa shape index (κ1) is 19.3. The monoisotopic (exact) mass is 416 g/mol. The third kappa shape index (κ3) is 3.78. The molecule has 12 heteroatoms. The number of nitrogens with one attached hydrogen (secondary N) is 1. The molecule has 3 aromatic rings. The number of pyridine rings is 2. The second kappa shape index (κ2) is 6.78. The number of anilines is 2. The number of nitrogens with zero attached hydrogens (tertiary/aromatic N) is 5. The fourth-order valence-electron chi connectivity index (χ4n) is 3.19. The molecule has 1 aliphatic rings. The lowest BCUT2D eigenvalue weighted by atomic mass is 10.2. The Kier molecular flexibility index (Phi) is 4.50. The third-order valence-corrected chi connectivity index (χ3v) is 4.59. The van der Waals surface area contributed by atoms with E-state index in [2.05, 4.69) is 19.9 Å². The second-order valence-corrected chi connectivity index (χ2v) is 6.47. The molecule has 1 aliphatic heterocycles. The van der Waals surface area contributed by atoms with E-state index < -0.39 is 23.6 Å². The van der Waals surface area contributed by atoms with Crippen molar-refractivity contribution in [3.63, 3.8) is 0 Å². The van der Waals surface area contributed by atoms with Crippen molar-refractivity contribution in [1.29, 1.82) is 0 Å². The normalized spacial score (nSPS) is 15.9. The second-order valence-electron chi connectivity index (χ2n) is 6.47. The minimum atomic E-state index is -4.57. The number of H-pyrrole nitrogens is 1. The summed E-state index contributed by atoms with van der Waals surface area (Å²) in [6, 6.07) is 4.33. The van der Waals surface area contributed by atoms with E-state index in [-0.39, 0.29) is 24.6 Å². The van der Waals surface area contributed by atoms with Crippen LogP contribution in [0.4, 0.5) is 38.1 Å². The topological polar surface area (TPSA) is 60.9 Å². The molecule has 0 aromatic carbocycles. The summed E-state index contributed by atoms with van der Waals surface area (Å²) in [6.07, 6.45) is -7.78. The van der Waals surface area contributed by atoms with Crippen LogP contribution in [0.25, 0.3) is 11.2 Å². The number of hydrogen-bond acceptors (Lipinski definition) is 5. The number of fused-ring (bicyclic) bond motifs is 1. The van der Waals surface area contributed by atoms with Gasteiger partial charge in [0.15, 0.2) is 5.65 Å². The first-order valence-corrected chi connectivity index (χ1v) is 8.59. The van der Waals surface area contributed by atoms with E-state index in [1.54, 1.807) is 4.90 Å². The summed E-state index contributed by atoms with van der Waals surface area (Å²) in [5, 5.41) is 0. The molecule has 0 radical (unpaired) electrons. The quantitative estimate of drug-likeness (QED) is 0.646. The molecule has 0 saturated carbocycles. The number of hydrogen-bond donors (Lipinski definition) is 1. The summed E-state index contributed by atoms with van der Waals surface area (Å²) >= 11 is 0. The summed E-state index contributed by atoms with van der Waals surface area (Å²) in [7, 11) is 0. The van der Waals surface area contributed by atoms with Gasteiger partial charge in [-0.2, -0.15) is 31.3 Å². The van der Waals surface area contributed by atoms with Gasteiger partial charge in [0.05, 0.1) is 11.1 Å². The summed E-state index contributed by atoms with van der Waals surface area (Å²) in [4.78, 5) is 17.7. The van der Waals surface area contributed by atoms with Crippen LogP contribution in [0, 0.1) is 0 Å². The number of halogens is 6. The lowest BCUT2D eigenvalue weighted by Gasteiger charge is -2.36. The Morgan fingerprint density at radius 2 is 1.52 bits per heavy atom. The number of imidazole rings is 1. The van der Waals surface area contributed by atoms with Crippen molar-refractivity contribution in [1.82, 2.24) is 19.9 Å². The van der Waals surface area contributed by atoms with Crippen LogP contribution in [-0.4, -0.2) is 46.1 Å². The average Bonchev–Trinajstić information content (AvgIpc) is 3.10. The van der Waals surface area contributed by atoms with E-state index in [1.165, 1.54) is 23.2 Å². The molecule has 154 valence electrons. The van der Waals surface area contributed by atoms with Crippen LogP contribution in [0.1, 0.15) is 11.3 Å². The van der Waals surface area contributed by atoms with Crippen LogP contribution in [0.3, 0.4) is 0 Å². The zero-order valence-electron chi connectivity index (χ0n) is 14.7. The van der Waals surface area contributed by atoms with Crippen molar-refractivity contribution in [2.45, 2.75) is 12.4 Å². The molecule has 1 N–H and O–H groups in total. The highest BCUT2D eigenvalue weighted by atomic mass is 19.4. The van der Waals surface area contributed by atoms with E-state index in [1.807, 2.05) is 0 Å². The lowest BCUT2D eigenvalue weighted by Crippen LogP contribution is -2.47.